The van der Waals surface area contributed by atoms with Crippen LogP contribution in [0.5, 0.6) is 0 Å². The quantitative estimate of drug-likeness (QED) is 0.309. The van der Waals surface area contributed by atoms with Gasteiger partial charge in [-0.05, 0) is 65.3 Å². The molecule has 9 heteroatoms. The molecule has 1 aliphatic rings. The second kappa shape index (κ2) is 11.5. The van der Waals surface area contributed by atoms with Crippen molar-refractivity contribution < 1.29 is 4.74 Å². The van der Waals surface area contributed by atoms with Crippen LogP contribution < -0.4 is 5.56 Å². The molecule has 0 radical (unpaired) electrons. The number of halogens is 1. The summed E-state index contributed by atoms with van der Waals surface area (Å²) in [6.07, 6.45) is 3.95. The van der Waals surface area contributed by atoms with Crippen LogP contribution in [0, 0.1) is 6.92 Å². The molecule has 3 heterocycles. The first-order chi connectivity index (χ1) is 18.0. The molecule has 37 heavy (non-hydrogen) atoms. The van der Waals surface area contributed by atoms with E-state index in [4.69, 9.17) is 16.3 Å². The molecule has 5 rings (SSSR count). The first kappa shape index (κ1) is 25.6. The average molecular weight is 521 g/mol. The molecule has 2 aromatic carbocycles. The summed E-state index contributed by atoms with van der Waals surface area (Å²) in [5.41, 5.74) is 3.53. The number of rotatable bonds is 10. The Balaban J connectivity index is 1.54. The maximum atomic E-state index is 13.2. The maximum absolute atomic E-state index is 13.2. The molecule has 0 bridgehead atoms. The van der Waals surface area contributed by atoms with E-state index in [0.29, 0.717) is 30.2 Å². The molecular formula is C28H33ClN6O2. The van der Waals surface area contributed by atoms with Crippen LogP contribution in [-0.4, -0.2) is 42.8 Å². The van der Waals surface area contributed by atoms with E-state index in [1.165, 1.54) is 0 Å². The van der Waals surface area contributed by atoms with Crippen molar-refractivity contribution in [1.29, 1.82) is 0 Å². The van der Waals surface area contributed by atoms with E-state index in [-0.39, 0.29) is 17.7 Å². The van der Waals surface area contributed by atoms with E-state index in [9.17, 15) is 4.79 Å². The van der Waals surface area contributed by atoms with Crippen LogP contribution in [0.2, 0.25) is 5.02 Å². The summed E-state index contributed by atoms with van der Waals surface area (Å²) in [6.45, 7) is 6.55. The number of aryl methyl sites for hydroxylation is 1. The highest BCUT2D eigenvalue weighted by Gasteiger charge is 2.29. The van der Waals surface area contributed by atoms with E-state index in [2.05, 4.69) is 32.3 Å². The number of fused-ring (bicyclic) bond motifs is 1. The van der Waals surface area contributed by atoms with Gasteiger partial charge in [-0.3, -0.25) is 9.69 Å². The zero-order valence-electron chi connectivity index (χ0n) is 21.4. The lowest BCUT2D eigenvalue weighted by Gasteiger charge is -2.31. The van der Waals surface area contributed by atoms with E-state index in [0.717, 1.165) is 60.1 Å². The van der Waals surface area contributed by atoms with Gasteiger partial charge in [0.25, 0.3) is 5.56 Å². The van der Waals surface area contributed by atoms with E-state index < -0.39 is 0 Å². The Bertz CT molecular complexity index is 1410. The van der Waals surface area contributed by atoms with Gasteiger partial charge in [0.15, 0.2) is 5.82 Å². The van der Waals surface area contributed by atoms with Crippen LogP contribution in [-0.2, 0) is 24.4 Å². The summed E-state index contributed by atoms with van der Waals surface area (Å²) in [7, 11) is 0. The standard InChI is InChI=1S/C28H33ClN6O2/c1-3-8-25(27-31-32-33-35(27)18-23-12-7-14-37-23)34(16-21-10-4-5-13-24(21)29)17-22-15-20-11-6-9-19(2)26(20)30-28(22)36/h4-6,9-11,13,15,23,25H,3,7-8,12,14,16-18H2,1-2H3,(H,30,36)/t23-,25+/m1/s1. The SMILES string of the molecule is CCC[C@@H](c1nnnn1C[C@H]1CCCO1)N(Cc1ccccc1Cl)Cc1cc2cccc(C)c2[nH]c1=O. The second-order valence-corrected chi connectivity index (χ2v) is 10.2. The number of hydrogen-bond acceptors (Lipinski definition) is 6. The van der Waals surface area contributed by atoms with Crippen molar-refractivity contribution in [2.45, 2.75) is 71.3 Å². The van der Waals surface area contributed by atoms with Crippen molar-refractivity contribution in [3.05, 3.63) is 86.4 Å². The summed E-state index contributed by atoms with van der Waals surface area (Å²) in [4.78, 5) is 18.6. The topological polar surface area (TPSA) is 88.9 Å². The molecule has 2 aromatic heterocycles. The number of H-pyrrole nitrogens is 1. The van der Waals surface area contributed by atoms with Crippen molar-refractivity contribution in [2.24, 2.45) is 0 Å². The minimum absolute atomic E-state index is 0.0832. The van der Waals surface area contributed by atoms with Crippen LogP contribution in [0.4, 0.5) is 0 Å². The molecule has 1 fully saturated rings. The molecule has 194 valence electrons. The Kier molecular flexibility index (Phi) is 7.98. The Morgan fingerprint density at radius 1 is 1.19 bits per heavy atom. The highest BCUT2D eigenvalue weighted by molar-refractivity contribution is 6.31. The summed E-state index contributed by atoms with van der Waals surface area (Å²) < 4.78 is 7.74. The van der Waals surface area contributed by atoms with Crippen molar-refractivity contribution in [3.63, 3.8) is 0 Å². The van der Waals surface area contributed by atoms with Crippen molar-refractivity contribution >= 4 is 22.5 Å². The van der Waals surface area contributed by atoms with Gasteiger partial charge < -0.3 is 9.72 Å². The van der Waals surface area contributed by atoms with Gasteiger partial charge in [0.2, 0.25) is 0 Å². The maximum Gasteiger partial charge on any atom is 0.252 e. The lowest BCUT2D eigenvalue weighted by Crippen LogP contribution is -2.33. The normalized spacial score (nSPS) is 16.6. The molecule has 1 N–H and O–H groups in total. The summed E-state index contributed by atoms with van der Waals surface area (Å²) in [6, 6.07) is 15.8. The zero-order valence-corrected chi connectivity index (χ0v) is 22.1. The molecule has 4 aromatic rings. The summed E-state index contributed by atoms with van der Waals surface area (Å²) in [5.74, 6) is 0.789. The fourth-order valence-corrected chi connectivity index (χ4v) is 5.39. The third-order valence-electron chi connectivity index (χ3n) is 7.13. The van der Waals surface area contributed by atoms with Gasteiger partial charge in [-0.1, -0.05) is 61.3 Å². The van der Waals surface area contributed by atoms with Gasteiger partial charge in [-0.15, -0.1) is 5.10 Å². The van der Waals surface area contributed by atoms with Crippen LogP contribution in [0.3, 0.4) is 0 Å². The number of tetrazole rings is 1. The number of ether oxygens (including phenoxy) is 1. The molecule has 0 spiro atoms. The molecule has 2 atom stereocenters. The Morgan fingerprint density at radius 2 is 2.03 bits per heavy atom. The zero-order chi connectivity index (χ0) is 25.8. The smallest absolute Gasteiger partial charge is 0.252 e. The fraction of sp³-hybridized carbons (Fsp3) is 0.429. The van der Waals surface area contributed by atoms with Crippen LogP contribution in [0.1, 0.15) is 61.2 Å². The van der Waals surface area contributed by atoms with Crippen LogP contribution in [0.15, 0.2) is 53.3 Å². The van der Waals surface area contributed by atoms with E-state index >= 15 is 0 Å². The number of aromatic nitrogens is 5. The molecule has 1 saturated heterocycles. The largest absolute Gasteiger partial charge is 0.376 e. The van der Waals surface area contributed by atoms with Crippen molar-refractivity contribution in [2.75, 3.05) is 6.61 Å². The third kappa shape index (κ3) is 5.76. The predicted octanol–water partition coefficient (Wildman–Crippen LogP) is 5.20. The second-order valence-electron chi connectivity index (χ2n) is 9.82. The number of aromatic amines is 1. The van der Waals surface area contributed by atoms with Crippen molar-refractivity contribution in [3.8, 4) is 0 Å². The molecule has 0 saturated carbocycles. The predicted molar refractivity (Wildman–Crippen MR) is 144 cm³/mol. The number of benzene rings is 2. The summed E-state index contributed by atoms with van der Waals surface area (Å²) >= 11 is 6.59. The van der Waals surface area contributed by atoms with Crippen molar-refractivity contribution in [1.82, 2.24) is 30.1 Å². The summed E-state index contributed by atoms with van der Waals surface area (Å²) in [5, 5.41) is 14.5. The number of hydrogen-bond donors (Lipinski definition) is 1. The van der Waals surface area contributed by atoms with Crippen LogP contribution in [0.25, 0.3) is 10.9 Å². The van der Waals surface area contributed by atoms with Gasteiger partial charge in [0.1, 0.15) is 0 Å². The number of pyridine rings is 1. The Morgan fingerprint density at radius 3 is 2.81 bits per heavy atom. The first-order valence-electron chi connectivity index (χ1n) is 13.0. The van der Waals surface area contributed by atoms with Crippen LogP contribution >= 0.6 is 11.6 Å². The van der Waals surface area contributed by atoms with Gasteiger partial charge in [-0.2, -0.15) is 0 Å². The molecule has 0 unspecified atom stereocenters. The molecule has 8 nitrogen and oxygen atoms in total. The Labute approximate surface area is 221 Å². The number of nitrogens with one attached hydrogen (secondary N) is 1. The molecule has 0 amide bonds. The number of para-hydroxylation sites is 1. The highest BCUT2D eigenvalue weighted by Crippen LogP contribution is 2.30. The minimum Gasteiger partial charge on any atom is -0.376 e. The fourth-order valence-electron chi connectivity index (χ4n) is 5.20. The van der Waals surface area contributed by atoms with Gasteiger partial charge in [-0.25, -0.2) is 4.68 Å². The molecular weight excluding hydrogens is 488 g/mol. The lowest BCUT2D eigenvalue weighted by atomic mass is 10.0. The molecule has 1 aliphatic heterocycles. The van der Waals surface area contributed by atoms with E-state index in [1.54, 1.807) is 0 Å². The average Bonchev–Trinajstić information content (AvgIpc) is 3.57. The minimum atomic E-state index is -0.106. The third-order valence-corrected chi connectivity index (χ3v) is 7.50. The van der Waals surface area contributed by atoms with Gasteiger partial charge >= 0.3 is 0 Å². The van der Waals surface area contributed by atoms with E-state index in [1.807, 2.05) is 60.1 Å². The monoisotopic (exact) mass is 520 g/mol. The number of nitrogens with zero attached hydrogens (tertiary/aromatic N) is 5. The first-order valence-corrected chi connectivity index (χ1v) is 13.4. The molecule has 0 aliphatic carbocycles. The van der Waals surface area contributed by atoms with Gasteiger partial charge in [0.05, 0.1) is 24.2 Å². The lowest BCUT2D eigenvalue weighted by molar-refractivity contribution is 0.0885. The highest BCUT2D eigenvalue weighted by atomic mass is 35.5. The van der Waals surface area contributed by atoms with Gasteiger partial charge in [0, 0.05) is 30.3 Å². The Hall–Kier alpha value is -3.07.